The van der Waals surface area contributed by atoms with E-state index in [2.05, 4.69) is 4.98 Å². The second-order valence-corrected chi connectivity index (χ2v) is 6.14. The maximum absolute atomic E-state index is 11.5. The maximum atomic E-state index is 11.5. The second kappa shape index (κ2) is 8.85. The fourth-order valence-corrected chi connectivity index (χ4v) is 2.84. The summed E-state index contributed by atoms with van der Waals surface area (Å²) in [5, 5.41) is 9.45. The van der Waals surface area contributed by atoms with Gasteiger partial charge in [0.15, 0.2) is 0 Å². The van der Waals surface area contributed by atoms with E-state index in [-0.39, 0.29) is 0 Å². The topological polar surface area (TPSA) is 64.3 Å². The lowest BCUT2D eigenvalue weighted by atomic mass is 10.1. The van der Waals surface area contributed by atoms with Crippen LogP contribution in [0.4, 0.5) is 0 Å². The second-order valence-electron chi connectivity index (χ2n) is 6.14. The molecule has 1 aromatic carbocycles. The molecule has 1 N–H and O–H groups in total. The monoisotopic (exact) mass is 350 g/mol. The fourth-order valence-electron chi connectivity index (χ4n) is 2.84. The number of ether oxygens (including phenoxy) is 1. The van der Waals surface area contributed by atoms with Gasteiger partial charge in [0.2, 0.25) is 0 Å². The first-order valence-corrected chi connectivity index (χ1v) is 8.68. The molecule has 5 nitrogen and oxygen atoms in total. The molecule has 0 saturated carbocycles. The highest BCUT2D eigenvalue weighted by atomic mass is 16.5. The van der Waals surface area contributed by atoms with Gasteiger partial charge in [0.25, 0.3) is 0 Å². The zero-order valence-corrected chi connectivity index (χ0v) is 14.5. The smallest absolute Gasteiger partial charge is 0.327 e. The van der Waals surface area contributed by atoms with Gasteiger partial charge in [0, 0.05) is 31.2 Å². The standard InChI is InChI=1S/C21H22N2O3/c24-21(25)20(23-13-1-2-14-23)16-18-5-7-19(8-6-18)26-15-3-4-17-9-11-22-12-10-17/h1-2,5-14,20H,3-4,15-16H2,(H,24,25)/t20-/m0/s1. The fraction of sp³-hybridized carbons (Fsp3) is 0.238. The normalized spacial score (nSPS) is 11.8. The minimum absolute atomic E-state index is 0.437. The Morgan fingerprint density at radius 2 is 1.73 bits per heavy atom. The van der Waals surface area contributed by atoms with Crippen LogP contribution in [0.5, 0.6) is 5.75 Å². The Kier molecular flexibility index (Phi) is 6.04. The van der Waals surface area contributed by atoms with Crippen LogP contribution in [0.3, 0.4) is 0 Å². The van der Waals surface area contributed by atoms with Crippen molar-refractivity contribution in [1.82, 2.24) is 9.55 Å². The Balaban J connectivity index is 1.49. The predicted octanol–water partition coefficient (Wildman–Crippen LogP) is 3.76. The number of aryl methyl sites for hydroxylation is 1. The molecule has 0 fully saturated rings. The van der Waals surface area contributed by atoms with Gasteiger partial charge in [0.1, 0.15) is 11.8 Å². The first-order chi connectivity index (χ1) is 12.7. The number of carbonyl (C=O) groups is 1. The molecule has 0 aliphatic carbocycles. The molecule has 0 aliphatic rings. The van der Waals surface area contributed by atoms with Gasteiger partial charge in [-0.05, 0) is 60.4 Å². The number of pyridine rings is 1. The summed E-state index contributed by atoms with van der Waals surface area (Å²) in [7, 11) is 0. The van der Waals surface area contributed by atoms with E-state index in [1.54, 1.807) is 29.4 Å². The molecule has 134 valence electrons. The van der Waals surface area contributed by atoms with Crippen LogP contribution in [0.2, 0.25) is 0 Å². The summed E-state index contributed by atoms with van der Waals surface area (Å²) in [6.45, 7) is 0.642. The van der Waals surface area contributed by atoms with Gasteiger partial charge in [-0.1, -0.05) is 12.1 Å². The molecule has 0 amide bonds. The number of aromatic nitrogens is 2. The average molecular weight is 350 g/mol. The Hall–Kier alpha value is -3.08. The Morgan fingerprint density at radius 1 is 1.04 bits per heavy atom. The van der Waals surface area contributed by atoms with E-state index in [0.29, 0.717) is 13.0 Å². The highest BCUT2D eigenvalue weighted by Crippen LogP contribution is 2.19. The lowest BCUT2D eigenvalue weighted by Gasteiger charge is -2.15. The van der Waals surface area contributed by atoms with E-state index in [1.807, 2.05) is 48.5 Å². The van der Waals surface area contributed by atoms with E-state index in [1.165, 1.54) is 5.56 Å². The number of rotatable bonds is 9. The SMILES string of the molecule is O=C(O)[C@H](Cc1ccc(OCCCc2ccncc2)cc1)n1cccc1. The predicted molar refractivity (Wildman–Crippen MR) is 99.3 cm³/mol. The molecule has 3 aromatic rings. The van der Waals surface area contributed by atoms with E-state index < -0.39 is 12.0 Å². The highest BCUT2D eigenvalue weighted by molar-refractivity contribution is 5.72. The molecule has 0 radical (unpaired) electrons. The molecule has 1 atom stereocenters. The summed E-state index contributed by atoms with van der Waals surface area (Å²) < 4.78 is 7.48. The number of carboxylic acid groups (broad SMARTS) is 1. The van der Waals surface area contributed by atoms with Crippen LogP contribution in [0.15, 0.2) is 73.3 Å². The minimum Gasteiger partial charge on any atom is -0.494 e. The first kappa shape index (κ1) is 17.7. The summed E-state index contributed by atoms with van der Waals surface area (Å²) in [6, 6.07) is 14.7. The van der Waals surface area contributed by atoms with Crippen molar-refractivity contribution in [2.75, 3.05) is 6.61 Å². The molecule has 3 rings (SSSR count). The first-order valence-electron chi connectivity index (χ1n) is 8.68. The number of nitrogens with zero attached hydrogens (tertiary/aromatic N) is 2. The zero-order chi connectivity index (χ0) is 18.2. The molecular weight excluding hydrogens is 328 g/mol. The lowest BCUT2D eigenvalue weighted by molar-refractivity contribution is -0.140. The summed E-state index contributed by atoms with van der Waals surface area (Å²) in [5.41, 5.74) is 2.22. The van der Waals surface area contributed by atoms with Gasteiger partial charge in [-0.3, -0.25) is 4.98 Å². The van der Waals surface area contributed by atoms with Crippen LogP contribution in [0, 0.1) is 0 Å². The van der Waals surface area contributed by atoms with Crippen molar-refractivity contribution in [3.8, 4) is 5.75 Å². The summed E-state index contributed by atoms with van der Waals surface area (Å²) in [6.07, 6.45) is 9.47. The average Bonchev–Trinajstić information content (AvgIpc) is 3.19. The van der Waals surface area contributed by atoms with Crippen molar-refractivity contribution < 1.29 is 14.6 Å². The zero-order valence-electron chi connectivity index (χ0n) is 14.5. The van der Waals surface area contributed by atoms with Gasteiger partial charge in [0.05, 0.1) is 6.61 Å². The van der Waals surface area contributed by atoms with Gasteiger partial charge in [-0.2, -0.15) is 0 Å². The molecule has 0 aliphatic heterocycles. The van der Waals surface area contributed by atoms with Gasteiger partial charge >= 0.3 is 5.97 Å². The molecule has 0 unspecified atom stereocenters. The van der Waals surface area contributed by atoms with Crippen LogP contribution in [-0.4, -0.2) is 27.2 Å². The lowest BCUT2D eigenvalue weighted by Crippen LogP contribution is -2.20. The molecule has 0 bridgehead atoms. The third kappa shape index (κ3) is 4.96. The van der Waals surface area contributed by atoms with Crippen LogP contribution < -0.4 is 4.74 Å². The van der Waals surface area contributed by atoms with E-state index in [0.717, 1.165) is 24.2 Å². The largest absolute Gasteiger partial charge is 0.494 e. The van der Waals surface area contributed by atoms with Crippen LogP contribution >= 0.6 is 0 Å². The number of hydrogen-bond acceptors (Lipinski definition) is 3. The summed E-state index contributed by atoms with van der Waals surface area (Å²) in [4.78, 5) is 15.5. The van der Waals surface area contributed by atoms with Crippen molar-refractivity contribution in [2.45, 2.75) is 25.3 Å². The Labute approximate surface area is 152 Å². The van der Waals surface area contributed by atoms with Crippen molar-refractivity contribution in [1.29, 1.82) is 0 Å². The van der Waals surface area contributed by atoms with Gasteiger partial charge in [-0.15, -0.1) is 0 Å². The Morgan fingerprint density at radius 3 is 2.38 bits per heavy atom. The van der Waals surface area contributed by atoms with E-state index >= 15 is 0 Å². The molecule has 5 heteroatoms. The van der Waals surface area contributed by atoms with Gasteiger partial charge in [-0.25, -0.2) is 4.79 Å². The molecule has 2 heterocycles. The van der Waals surface area contributed by atoms with Gasteiger partial charge < -0.3 is 14.4 Å². The third-order valence-corrected chi connectivity index (χ3v) is 4.25. The quantitative estimate of drug-likeness (QED) is 0.597. The van der Waals surface area contributed by atoms with Crippen molar-refractivity contribution >= 4 is 5.97 Å². The summed E-state index contributed by atoms with van der Waals surface area (Å²) >= 11 is 0. The summed E-state index contributed by atoms with van der Waals surface area (Å²) in [5.74, 6) is -0.0334. The van der Waals surface area contributed by atoms with Crippen molar-refractivity contribution in [3.05, 3.63) is 84.4 Å². The van der Waals surface area contributed by atoms with Crippen LogP contribution in [0.1, 0.15) is 23.6 Å². The van der Waals surface area contributed by atoms with Crippen molar-refractivity contribution in [2.24, 2.45) is 0 Å². The highest BCUT2D eigenvalue weighted by Gasteiger charge is 2.18. The number of hydrogen-bond donors (Lipinski definition) is 1. The van der Waals surface area contributed by atoms with Crippen LogP contribution in [0.25, 0.3) is 0 Å². The van der Waals surface area contributed by atoms with Crippen molar-refractivity contribution in [3.63, 3.8) is 0 Å². The van der Waals surface area contributed by atoms with Crippen LogP contribution in [-0.2, 0) is 17.6 Å². The number of aliphatic carboxylic acids is 1. The maximum Gasteiger partial charge on any atom is 0.327 e. The molecule has 26 heavy (non-hydrogen) atoms. The third-order valence-electron chi connectivity index (χ3n) is 4.25. The number of benzene rings is 1. The van der Waals surface area contributed by atoms with E-state index in [4.69, 9.17) is 4.74 Å². The molecular formula is C21H22N2O3. The Bertz CT molecular complexity index is 799. The minimum atomic E-state index is -0.836. The van der Waals surface area contributed by atoms with E-state index in [9.17, 15) is 9.90 Å². The molecule has 0 saturated heterocycles. The molecule has 2 aromatic heterocycles. The molecule has 0 spiro atoms. The number of carboxylic acids is 1.